The summed E-state index contributed by atoms with van der Waals surface area (Å²) in [6.07, 6.45) is 3.71. The highest BCUT2D eigenvalue weighted by atomic mass is 16.5. The predicted molar refractivity (Wildman–Crippen MR) is 123 cm³/mol. The lowest BCUT2D eigenvalue weighted by Crippen LogP contribution is -2.42. The van der Waals surface area contributed by atoms with E-state index in [0.29, 0.717) is 36.8 Å². The monoisotopic (exact) mass is 446 g/mol. The Morgan fingerprint density at radius 3 is 2.00 bits per heavy atom. The lowest BCUT2D eigenvalue weighted by molar-refractivity contribution is -0.137. The van der Waals surface area contributed by atoms with Gasteiger partial charge in [0, 0.05) is 38.5 Å². The third kappa shape index (κ3) is 5.30. The zero-order valence-electron chi connectivity index (χ0n) is 20.4. The van der Waals surface area contributed by atoms with Crippen molar-refractivity contribution in [2.24, 2.45) is 11.3 Å². The number of amides is 2. The third-order valence-corrected chi connectivity index (χ3v) is 6.45. The lowest BCUT2D eigenvalue weighted by atomic mass is 9.87. The van der Waals surface area contributed by atoms with Gasteiger partial charge >= 0.3 is 0 Å². The molecule has 0 aromatic heterocycles. The first kappa shape index (κ1) is 24.2. The summed E-state index contributed by atoms with van der Waals surface area (Å²) in [6.45, 7) is 8.75. The summed E-state index contributed by atoms with van der Waals surface area (Å²) in [5.74, 6) is 1.49. The summed E-state index contributed by atoms with van der Waals surface area (Å²) < 4.78 is 16.6. The van der Waals surface area contributed by atoms with Crippen LogP contribution < -0.4 is 14.2 Å². The Morgan fingerprint density at radius 1 is 0.906 bits per heavy atom. The molecule has 7 heteroatoms. The van der Waals surface area contributed by atoms with Crippen LogP contribution in [0.5, 0.6) is 17.2 Å². The van der Waals surface area contributed by atoms with Gasteiger partial charge in [0.2, 0.25) is 17.6 Å². The highest BCUT2D eigenvalue weighted by Gasteiger charge is 2.43. The van der Waals surface area contributed by atoms with Crippen molar-refractivity contribution in [1.29, 1.82) is 0 Å². The number of hydrogen-bond acceptors (Lipinski definition) is 5. The van der Waals surface area contributed by atoms with Crippen LogP contribution in [0.4, 0.5) is 0 Å². The molecule has 32 heavy (non-hydrogen) atoms. The fraction of sp³-hybridized carbons (Fsp3) is 0.680. The number of benzene rings is 1. The quantitative estimate of drug-likeness (QED) is 0.667. The van der Waals surface area contributed by atoms with Crippen LogP contribution in [0.15, 0.2) is 12.1 Å². The predicted octanol–water partition coefficient (Wildman–Crippen LogP) is 3.70. The number of carbonyl (C=O) groups excluding carboxylic acids is 2. The standard InChI is InChI=1S/C25H38N2O5/c1-25(2,3)14-22(28)27-15-18(19(16-27)24(29)26-10-8-7-9-11-26)17-12-20(30-4)23(32-6)21(13-17)31-5/h12-13,18-19H,7-11,14-16H2,1-6H3. The average molecular weight is 447 g/mol. The van der Waals surface area contributed by atoms with Gasteiger partial charge in [-0.1, -0.05) is 20.8 Å². The second-order valence-electron chi connectivity index (χ2n) is 10.1. The van der Waals surface area contributed by atoms with Crippen molar-refractivity contribution in [3.63, 3.8) is 0 Å². The van der Waals surface area contributed by atoms with Crippen molar-refractivity contribution in [3.05, 3.63) is 17.7 Å². The number of likely N-dealkylation sites (tertiary alicyclic amines) is 2. The molecule has 2 aliphatic heterocycles. The van der Waals surface area contributed by atoms with Gasteiger partial charge in [-0.25, -0.2) is 0 Å². The number of ether oxygens (including phenoxy) is 3. The van der Waals surface area contributed by atoms with Crippen LogP contribution in [-0.2, 0) is 9.59 Å². The molecule has 1 aromatic rings. The molecule has 2 unspecified atom stereocenters. The molecule has 2 aliphatic rings. The molecule has 3 rings (SSSR count). The Bertz CT molecular complexity index is 801. The van der Waals surface area contributed by atoms with Crippen molar-refractivity contribution in [2.75, 3.05) is 47.5 Å². The molecule has 2 atom stereocenters. The van der Waals surface area contributed by atoms with Gasteiger partial charge in [0.25, 0.3) is 0 Å². The van der Waals surface area contributed by atoms with Crippen molar-refractivity contribution in [2.45, 2.75) is 52.4 Å². The van der Waals surface area contributed by atoms with Crippen LogP contribution in [0.1, 0.15) is 57.9 Å². The molecule has 0 radical (unpaired) electrons. The number of rotatable bonds is 6. The summed E-state index contributed by atoms with van der Waals surface area (Å²) in [6, 6.07) is 3.83. The van der Waals surface area contributed by atoms with Crippen LogP contribution in [0, 0.1) is 11.3 Å². The molecule has 2 fully saturated rings. The number of nitrogens with zero attached hydrogens (tertiary/aromatic N) is 2. The van der Waals surface area contributed by atoms with E-state index < -0.39 is 0 Å². The van der Waals surface area contributed by atoms with E-state index in [0.717, 1.165) is 31.5 Å². The maximum Gasteiger partial charge on any atom is 0.228 e. The van der Waals surface area contributed by atoms with Gasteiger partial charge in [-0.3, -0.25) is 9.59 Å². The molecule has 0 spiro atoms. The normalized spacial score (nSPS) is 21.4. The van der Waals surface area contributed by atoms with Crippen LogP contribution in [0.3, 0.4) is 0 Å². The van der Waals surface area contributed by atoms with Crippen LogP contribution in [0.2, 0.25) is 0 Å². The van der Waals surface area contributed by atoms with E-state index >= 15 is 0 Å². The maximum absolute atomic E-state index is 13.6. The molecule has 0 aliphatic carbocycles. The van der Waals surface area contributed by atoms with Gasteiger partial charge < -0.3 is 24.0 Å². The van der Waals surface area contributed by atoms with Crippen LogP contribution in [0.25, 0.3) is 0 Å². The Morgan fingerprint density at radius 2 is 1.50 bits per heavy atom. The Hall–Kier alpha value is -2.44. The van der Waals surface area contributed by atoms with E-state index in [4.69, 9.17) is 14.2 Å². The fourth-order valence-corrected chi connectivity index (χ4v) is 4.83. The number of piperidine rings is 1. The zero-order valence-corrected chi connectivity index (χ0v) is 20.4. The summed E-state index contributed by atoms with van der Waals surface area (Å²) in [5.41, 5.74) is 0.828. The Balaban J connectivity index is 1.95. The van der Waals surface area contributed by atoms with E-state index in [1.54, 1.807) is 21.3 Å². The molecule has 7 nitrogen and oxygen atoms in total. The minimum atomic E-state index is -0.278. The highest BCUT2D eigenvalue weighted by molar-refractivity contribution is 5.84. The summed E-state index contributed by atoms with van der Waals surface area (Å²) in [5, 5.41) is 0. The topological polar surface area (TPSA) is 68.3 Å². The summed E-state index contributed by atoms with van der Waals surface area (Å²) >= 11 is 0. The van der Waals surface area contributed by atoms with E-state index in [2.05, 4.69) is 20.8 Å². The first-order valence-electron chi connectivity index (χ1n) is 11.5. The number of methoxy groups -OCH3 is 3. The molecule has 1 aromatic carbocycles. The highest BCUT2D eigenvalue weighted by Crippen LogP contribution is 2.44. The molecule has 0 saturated carbocycles. The van der Waals surface area contributed by atoms with Gasteiger partial charge in [0.15, 0.2) is 11.5 Å². The molecular formula is C25H38N2O5. The zero-order chi connectivity index (χ0) is 23.5. The summed E-state index contributed by atoms with van der Waals surface area (Å²) in [4.78, 5) is 30.5. The third-order valence-electron chi connectivity index (χ3n) is 6.45. The largest absolute Gasteiger partial charge is 0.493 e. The van der Waals surface area contributed by atoms with Gasteiger partial charge in [-0.15, -0.1) is 0 Å². The van der Waals surface area contributed by atoms with Crippen LogP contribution >= 0.6 is 0 Å². The van der Waals surface area contributed by atoms with E-state index in [9.17, 15) is 9.59 Å². The van der Waals surface area contributed by atoms with Gasteiger partial charge in [-0.05, 0) is 42.4 Å². The van der Waals surface area contributed by atoms with Crippen LogP contribution in [-0.4, -0.2) is 69.1 Å². The molecule has 0 bridgehead atoms. The molecule has 2 amide bonds. The smallest absolute Gasteiger partial charge is 0.228 e. The summed E-state index contributed by atoms with van der Waals surface area (Å²) in [7, 11) is 4.75. The fourth-order valence-electron chi connectivity index (χ4n) is 4.83. The minimum absolute atomic E-state index is 0.101. The maximum atomic E-state index is 13.6. The van der Waals surface area contributed by atoms with Crippen molar-refractivity contribution < 1.29 is 23.8 Å². The average Bonchev–Trinajstić information content (AvgIpc) is 3.22. The molecule has 178 valence electrons. The lowest BCUT2D eigenvalue weighted by Gasteiger charge is -2.31. The Kier molecular flexibility index (Phi) is 7.57. The second-order valence-corrected chi connectivity index (χ2v) is 10.1. The first-order chi connectivity index (χ1) is 15.2. The minimum Gasteiger partial charge on any atom is -0.493 e. The molecule has 2 heterocycles. The van der Waals surface area contributed by atoms with E-state index in [-0.39, 0.29) is 29.1 Å². The van der Waals surface area contributed by atoms with Gasteiger partial charge in [-0.2, -0.15) is 0 Å². The Labute approximate surface area is 192 Å². The second kappa shape index (κ2) is 10.0. The van der Waals surface area contributed by atoms with Crippen molar-refractivity contribution >= 4 is 11.8 Å². The van der Waals surface area contributed by atoms with Crippen molar-refractivity contribution in [1.82, 2.24) is 9.80 Å². The number of hydrogen-bond donors (Lipinski definition) is 0. The van der Waals surface area contributed by atoms with Gasteiger partial charge in [0.05, 0.1) is 27.2 Å². The first-order valence-corrected chi connectivity index (χ1v) is 11.5. The van der Waals surface area contributed by atoms with Gasteiger partial charge in [0.1, 0.15) is 0 Å². The van der Waals surface area contributed by atoms with E-state index in [1.807, 2.05) is 21.9 Å². The number of carbonyl (C=O) groups is 2. The van der Waals surface area contributed by atoms with E-state index in [1.165, 1.54) is 6.42 Å². The molecular weight excluding hydrogens is 408 g/mol. The molecule has 2 saturated heterocycles. The molecule has 0 N–H and O–H groups in total. The SMILES string of the molecule is COc1cc(C2CN(C(=O)CC(C)(C)C)CC2C(=O)N2CCCCC2)cc(OC)c1OC. The van der Waals surface area contributed by atoms with Crippen molar-refractivity contribution in [3.8, 4) is 17.2 Å².